The first-order valence-corrected chi connectivity index (χ1v) is 9.15. The number of aryl methyl sites for hydroxylation is 1. The van der Waals surface area contributed by atoms with E-state index in [0.717, 1.165) is 29.0 Å². The molecule has 5 nitrogen and oxygen atoms in total. The molecular formula is C20H25N3O2. The molecule has 0 saturated heterocycles. The van der Waals surface area contributed by atoms with Crippen LogP contribution in [0.5, 0.6) is 5.75 Å². The SMILES string of the molecule is C[C@@H]1[C@H](C)CCC[C@H]1NC(=O)c1nn(C)c2c1COc1ccccc1-2. The Labute approximate surface area is 148 Å². The number of benzene rings is 1. The highest BCUT2D eigenvalue weighted by Gasteiger charge is 2.32. The summed E-state index contributed by atoms with van der Waals surface area (Å²) in [6.07, 6.45) is 3.47. The number of hydrogen-bond donors (Lipinski definition) is 1. The summed E-state index contributed by atoms with van der Waals surface area (Å²) in [6, 6.07) is 8.14. The van der Waals surface area contributed by atoms with Crippen LogP contribution in [0.15, 0.2) is 24.3 Å². The molecule has 132 valence electrons. The van der Waals surface area contributed by atoms with Crippen LogP contribution in [0.2, 0.25) is 0 Å². The second-order valence-electron chi connectivity index (χ2n) is 7.43. The molecule has 1 aliphatic heterocycles. The fourth-order valence-corrected chi connectivity index (χ4v) is 4.18. The molecular weight excluding hydrogens is 314 g/mol. The van der Waals surface area contributed by atoms with Crippen molar-refractivity contribution in [3.05, 3.63) is 35.5 Å². The number of para-hydroxylation sites is 1. The maximum absolute atomic E-state index is 12.9. The molecule has 0 unspecified atom stereocenters. The smallest absolute Gasteiger partial charge is 0.272 e. The summed E-state index contributed by atoms with van der Waals surface area (Å²) in [6.45, 7) is 4.90. The van der Waals surface area contributed by atoms with Crippen molar-refractivity contribution in [3.8, 4) is 17.0 Å². The predicted octanol–water partition coefficient (Wildman–Crippen LogP) is 3.53. The number of nitrogens with zero attached hydrogens (tertiary/aromatic N) is 2. The lowest BCUT2D eigenvalue weighted by molar-refractivity contribution is 0.0882. The second-order valence-corrected chi connectivity index (χ2v) is 7.43. The summed E-state index contributed by atoms with van der Waals surface area (Å²) < 4.78 is 7.65. The van der Waals surface area contributed by atoms with Crippen LogP contribution in [0, 0.1) is 11.8 Å². The molecule has 2 aromatic rings. The average Bonchev–Trinajstić information content (AvgIpc) is 2.96. The molecule has 3 atom stereocenters. The van der Waals surface area contributed by atoms with Gasteiger partial charge in [0.15, 0.2) is 5.69 Å². The minimum Gasteiger partial charge on any atom is -0.488 e. The highest BCUT2D eigenvalue weighted by atomic mass is 16.5. The van der Waals surface area contributed by atoms with Crippen molar-refractivity contribution < 1.29 is 9.53 Å². The Morgan fingerprint density at radius 3 is 2.92 bits per heavy atom. The number of hydrogen-bond acceptors (Lipinski definition) is 3. The first kappa shape index (κ1) is 16.2. The zero-order valence-corrected chi connectivity index (χ0v) is 15.1. The van der Waals surface area contributed by atoms with E-state index < -0.39 is 0 Å². The van der Waals surface area contributed by atoms with Gasteiger partial charge in [-0.1, -0.05) is 38.8 Å². The van der Waals surface area contributed by atoms with E-state index in [1.807, 2.05) is 31.3 Å². The average molecular weight is 339 g/mol. The highest BCUT2D eigenvalue weighted by Crippen LogP contribution is 2.38. The van der Waals surface area contributed by atoms with Gasteiger partial charge in [-0.25, -0.2) is 0 Å². The van der Waals surface area contributed by atoms with E-state index in [0.29, 0.717) is 24.1 Å². The van der Waals surface area contributed by atoms with Crippen molar-refractivity contribution in [3.63, 3.8) is 0 Å². The number of carbonyl (C=O) groups excluding carboxylic acids is 1. The number of nitrogens with one attached hydrogen (secondary N) is 1. The third-order valence-electron chi connectivity index (χ3n) is 5.90. The van der Waals surface area contributed by atoms with E-state index in [-0.39, 0.29) is 11.9 Å². The Kier molecular flexibility index (Phi) is 4.02. The Bertz CT molecular complexity index is 811. The Morgan fingerprint density at radius 1 is 1.28 bits per heavy atom. The predicted molar refractivity (Wildman–Crippen MR) is 96.4 cm³/mol. The highest BCUT2D eigenvalue weighted by molar-refractivity contribution is 5.96. The van der Waals surface area contributed by atoms with Crippen molar-refractivity contribution in [1.29, 1.82) is 0 Å². The number of aromatic nitrogens is 2. The van der Waals surface area contributed by atoms with Gasteiger partial charge in [-0.15, -0.1) is 0 Å². The molecule has 1 amide bonds. The zero-order chi connectivity index (χ0) is 17.6. The normalized spacial score (nSPS) is 24.8. The van der Waals surface area contributed by atoms with Crippen molar-refractivity contribution in [2.24, 2.45) is 18.9 Å². The molecule has 25 heavy (non-hydrogen) atoms. The van der Waals surface area contributed by atoms with E-state index in [2.05, 4.69) is 24.3 Å². The van der Waals surface area contributed by atoms with Gasteiger partial charge < -0.3 is 10.1 Å². The number of carbonyl (C=O) groups is 1. The maximum Gasteiger partial charge on any atom is 0.272 e. The third kappa shape index (κ3) is 2.71. The van der Waals surface area contributed by atoms with E-state index in [1.54, 1.807) is 4.68 Å². The summed E-state index contributed by atoms with van der Waals surface area (Å²) >= 11 is 0. The Balaban J connectivity index is 1.63. The molecule has 0 radical (unpaired) electrons. The number of fused-ring (bicyclic) bond motifs is 3. The van der Waals surface area contributed by atoms with Gasteiger partial charge >= 0.3 is 0 Å². The molecule has 0 bridgehead atoms. The number of amides is 1. The van der Waals surface area contributed by atoms with Crippen LogP contribution in [-0.4, -0.2) is 21.7 Å². The minimum absolute atomic E-state index is 0.0780. The third-order valence-corrected chi connectivity index (χ3v) is 5.90. The van der Waals surface area contributed by atoms with Gasteiger partial charge in [-0.2, -0.15) is 5.10 Å². The van der Waals surface area contributed by atoms with Gasteiger partial charge in [0.2, 0.25) is 0 Å². The van der Waals surface area contributed by atoms with Gasteiger partial charge in [-0.3, -0.25) is 9.48 Å². The molecule has 2 heterocycles. The maximum atomic E-state index is 12.9. The monoisotopic (exact) mass is 339 g/mol. The lowest BCUT2D eigenvalue weighted by Crippen LogP contribution is -2.44. The van der Waals surface area contributed by atoms with Crippen LogP contribution in [0.3, 0.4) is 0 Å². The van der Waals surface area contributed by atoms with Crippen LogP contribution in [-0.2, 0) is 13.7 Å². The molecule has 1 fully saturated rings. The van der Waals surface area contributed by atoms with Crippen LogP contribution >= 0.6 is 0 Å². The largest absolute Gasteiger partial charge is 0.488 e. The second kappa shape index (κ2) is 6.21. The molecule has 1 N–H and O–H groups in total. The Morgan fingerprint density at radius 2 is 2.08 bits per heavy atom. The molecule has 0 spiro atoms. The van der Waals surface area contributed by atoms with Gasteiger partial charge in [0.05, 0.1) is 5.69 Å². The molecule has 1 aromatic carbocycles. The topological polar surface area (TPSA) is 56.2 Å². The zero-order valence-electron chi connectivity index (χ0n) is 15.1. The van der Waals surface area contributed by atoms with E-state index in [4.69, 9.17) is 4.74 Å². The fraction of sp³-hybridized carbons (Fsp3) is 0.500. The van der Waals surface area contributed by atoms with Crippen LogP contribution in [0.25, 0.3) is 11.3 Å². The standard InChI is InChI=1S/C20H25N3O2/c1-12-7-6-9-16(13(12)2)21-20(24)18-15-11-25-17-10-5-4-8-14(17)19(15)23(3)22-18/h4-5,8,10,12-13,16H,6-7,9,11H2,1-3H3,(H,21,24)/t12-,13-,16-/m1/s1. The molecule has 4 rings (SSSR count). The fourth-order valence-electron chi connectivity index (χ4n) is 4.18. The number of ether oxygens (including phenoxy) is 1. The number of rotatable bonds is 2. The van der Waals surface area contributed by atoms with Gasteiger partial charge in [-0.05, 0) is 30.4 Å². The molecule has 1 aromatic heterocycles. The molecule has 5 heteroatoms. The molecule has 2 aliphatic rings. The van der Waals surface area contributed by atoms with Crippen LogP contribution in [0.4, 0.5) is 0 Å². The Hall–Kier alpha value is -2.30. The van der Waals surface area contributed by atoms with E-state index in [9.17, 15) is 4.79 Å². The van der Waals surface area contributed by atoms with Crippen LogP contribution < -0.4 is 10.1 Å². The molecule has 1 saturated carbocycles. The van der Waals surface area contributed by atoms with Crippen molar-refractivity contribution >= 4 is 5.91 Å². The van der Waals surface area contributed by atoms with E-state index >= 15 is 0 Å². The van der Waals surface area contributed by atoms with Crippen molar-refractivity contribution in [1.82, 2.24) is 15.1 Å². The lowest BCUT2D eigenvalue weighted by Gasteiger charge is -2.34. The van der Waals surface area contributed by atoms with Gasteiger partial charge in [0, 0.05) is 24.2 Å². The lowest BCUT2D eigenvalue weighted by atomic mass is 9.78. The summed E-state index contributed by atoms with van der Waals surface area (Å²) in [7, 11) is 1.89. The van der Waals surface area contributed by atoms with E-state index in [1.165, 1.54) is 12.8 Å². The van der Waals surface area contributed by atoms with Crippen molar-refractivity contribution in [2.45, 2.75) is 45.8 Å². The first-order valence-electron chi connectivity index (χ1n) is 9.15. The van der Waals surface area contributed by atoms with Crippen molar-refractivity contribution in [2.75, 3.05) is 0 Å². The van der Waals surface area contributed by atoms with Gasteiger partial charge in [0.25, 0.3) is 5.91 Å². The molecule has 1 aliphatic carbocycles. The quantitative estimate of drug-likeness (QED) is 0.910. The summed E-state index contributed by atoms with van der Waals surface area (Å²) in [5.41, 5.74) is 3.36. The summed E-state index contributed by atoms with van der Waals surface area (Å²) in [5, 5.41) is 7.76. The minimum atomic E-state index is -0.0780. The van der Waals surface area contributed by atoms with Crippen LogP contribution in [0.1, 0.15) is 49.2 Å². The summed E-state index contributed by atoms with van der Waals surface area (Å²) in [4.78, 5) is 12.9. The summed E-state index contributed by atoms with van der Waals surface area (Å²) in [5.74, 6) is 1.91. The van der Waals surface area contributed by atoms with Gasteiger partial charge in [0.1, 0.15) is 12.4 Å². The first-order chi connectivity index (χ1) is 12.1.